The minimum absolute atomic E-state index is 0.0549. The van der Waals surface area contributed by atoms with Crippen molar-refractivity contribution in [2.75, 3.05) is 14.2 Å². The molecule has 0 unspecified atom stereocenters. The Morgan fingerprint density at radius 3 is 2.50 bits per heavy atom. The molecule has 2 aromatic carbocycles. The van der Waals surface area contributed by atoms with E-state index in [-0.39, 0.29) is 22.0 Å². The Balaban J connectivity index is 2.39. The summed E-state index contributed by atoms with van der Waals surface area (Å²) in [5, 5.41) is 0.0549. The number of rotatable bonds is 5. The standard InChI is InChI=1S/C17H18ClNO4S/c1-12-6-4-5-7-14(12)11-19(2)24(21,22)16-10-13(17(20)23-3)8-9-15(16)18/h4-10H,11H2,1-3H3. The van der Waals surface area contributed by atoms with Crippen LogP contribution in [0.15, 0.2) is 47.4 Å². The van der Waals surface area contributed by atoms with E-state index >= 15 is 0 Å². The van der Waals surface area contributed by atoms with E-state index in [1.807, 2.05) is 31.2 Å². The first-order valence-corrected chi connectivity index (χ1v) is 8.98. The number of carbonyl (C=O) groups excluding carboxylic acids is 1. The van der Waals surface area contributed by atoms with E-state index in [0.717, 1.165) is 11.1 Å². The van der Waals surface area contributed by atoms with Gasteiger partial charge < -0.3 is 4.74 Å². The second kappa shape index (κ2) is 7.34. The first-order valence-electron chi connectivity index (χ1n) is 7.16. The van der Waals surface area contributed by atoms with Crippen molar-refractivity contribution >= 4 is 27.6 Å². The van der Waals surface area contributed by atoms with Gasteiger partial charge in [-0.1, -0.05) is 35.9 Å². The molecule has 0 atom stereocenters. The lowest BCUT2D eigenvalue weighted by Crippen LogP contribution is -2.27. The molecule has 0 amide bonds. The molecule has 0 bridgehead atoms. The van der Waals surface area contributed by atoms with Crippen molar-refractivity contribution in [1.82, 2.24) is 4.31 Å². The molecule has 24 heavy (non-hydrogen) atoms. The minimum Gasteiger partial charge on any atom is -0.465 e. The van der Waals surface area contributed by atoms with Crippen LogP contribution in [0.5, 0.6) is 0 Å². The van der Waals surface area contributed by atoms with Gasteiger partial charge in [0.1, 0.15) is 4.90 Å². The van der Waals surface area contributed by atoms with E-state index in [1.54, 1.807) is 0 Å². The number of hydrogen-bond donors (Lipinski definition) is 0. The lowest BCUT2D eigenvalue weighted by molar-refractivity contribution is 0.0600. The van der Waals surface area contributed by atoms with Gasteiger partial charge in [0.2, 0.25) is 10.0 Å². The van der Waals surface area contributed by atoms with Crippen LogP contribution in [0.4, 0.5) is 0 Å². The average Bonchev–Trinajstić information content (AvgIpc) is 2.56. The summed E-state index contributed by atoms with van der Waals surface area (Å²) in [5.41, 5.74) is 2.02. The summed E-state index contributed by atoms with van der Waals surface area (Å²) in [6.45, 7) is 2.12. The van der Waals surface area contributed by atoms with Crippen LogP contribution in [0.2, 0.25) is 5.02 Å². The van der Waals surface area contributed by atoms with Gasteiger partial charge in [0.15, 0.2) is 0 Å². The fourth-order valence-corrected chi connectivity index (χ4v) is 3.87. The Morgan fingerprint density at radius 2 is 1.88 bits per heavy atom. The minimum atomic E-state index is -3.86. The molecule has 128 valence electrons. The van der Waals surface area contributed by atoms with E-state index in [0.29, 0.717) is 0 Å². The summed E-state index contributed by atoms with van der Waals surface area (Å²) < 4.78 is 31.5. The third-order valence-electron chi connectivity index (χ3n) is 3.69. The number of benzene rings is 2. The van der Waals surface area contributed by atoms with E-state index < -0.39 is 16.0 Å². The predicted molar refractivity (Wildman–Crippen MR) is 92.6 cm³/mol. The molecule has 0 fully saturated rings. The summed E-state index contributed by atoms with van der Waals surface area (Å²) in [6, 6.07) is 11.6. The first kappa shape index (κ1) is 18.4. The fourth-order valence-electron chi connectivity index (χ4n) is 2.23. The Morgan fingerprint density at radius 1 is 1.21 bits per heavy atom. The van der Waals surface area contributed by atoms with Crippen molar-refractivity contribution in [2.45, 2.75) is 18.4 Å². The Bertz CT molecular complexity index is 865. The summed E-state index contributed by atoms with van der Waals surface area (Å²) in [4.78, 5) is 11.5. The topological polar surface area (TPSA) is 63.7 Å². The number of esters is 1. The quantitative estimate of drug-likeness (QED) is 0.761. The van der Waals surface area contributed by atoms with Gasteiger partial charge in [-0.15, -0.1) is 0 Å². The molecule has 0 heterocycles. The van der Waals surface area contributed by atoms with Gasteiger partial charge in [-0.2, -0.15) is 4.31 Å². The molecular weight excluding hydrogens is 350 g/mol. The summed E-state index contributed by atoms with van der Waals surface area (Å²) >= 11 is 6.05. The molecule has 2 rings (SSSR count). The molecule has 2 aromatic rings. The zero-order valence-corrected chi connectivity index (χ0v) is 15.2. The van der Waals surface area contributed by atoms with Crippen LogP contribution in [0.1, 0.15) is 21.5 Å². The predicted octanol–water partition coefficient (Wildman–Crippen LogP) is 3.26. The van der Waals surface area contributed by atoms with Gasteiger partial charge in [-0.05, 0) is 36.2 Å². The van der Waals surface area contributed by atoms with Gasteiger partial charge in [0, 0.05) is 13.6 Å². The van der Waals surface area contributed by atoms with E-state index in [9.17, 15) is 13.2 Å². The van der Waals surface area contributed by atoms with Crippen molar-refractivity contribution in [1.29, 1.82) is 0 Å². The summed E-state index contributed by atoms with van der Waals surface area (Å²) in [6.07, 6.45) is 0. The lowest BCUT2D eigenvalue weighted by Gasteiger charge is -2.19. The highest BCUT2D eigenvalue weighted by Gasteiger charge is 2.25. The van der Waals surface area contributed by atoms with Gasteiger partial charge in [-0.25, -0.2) is 13.2 Å². The van der Waals surface area contributed by atoms with E-state index in [4.69, 9.17) is 11.6 Å². The number of halogens is 1. The van der Waals surface area contributed by atoms with Crippen molar-refractivity contribution < 1.29 is 17.9 Å². The van der Waals surface area contributed by atoms with Crippen LogP contribution in [-0.2, 0) is 21.3 Å². The second-order valence-corrected chi connectivity index (χ2v) is 7.74. The maximum absolute atomic E-state index is 12.8. The molecule has 7 heteroatoms. The number of aryl methyl sites for hydroxylation is 1. The highest BCUT2D eigenvalue weighted by Crippen LogP contribution is 2.26. The Labute approximate surface area is 146 Å². The largest absolute Gasteiger partial charge is 0.465 e. The van der Waals surface area contributed by atoms with Crippen LogP contribution in [-0.4, -0.2) is 32.8 Å². The molecule has 0 aliphatic carbocycles. The van der Waals surface area contributed by atoms with Crippen molar-refractivity contribution in [3.05, 3.63) is 64.2 Å². The van der Waals surface area contributed by atoms with Crippen molar-refractivity contribution in [3.63, 3.8) is 0 Å². The maximum Gasteiger partial charge on any atom is 0.337 e. The monoisotopic (exact) mass is 367 g/mol. The molecule has 0 spiro atoms. The second-order valence-electron chi connectivity index (χ2n) is 5.32. The van der Waals surface area contributed by atoms with Crippen LogP contribution in [0, 0.1) is 6.92 Å². The molecule has 0 saturated heterocycles. The smallest absolute Gasteiger partial charge is 0.337 e. The summed E-state index contributed by atoms with van der Waals surface area (Å²) in [7, 11) is -1.15. The zero-order chi connectivity index (χ0) is 17.9. The fraction of sp³-hybridized carbons (Fsp3) is 0.235. The van der Waals surface area contributed by atoms with E-state index in [1.165, 1.54) is 36.7 Å². The van der Waals surface area contributed by atoms with Gasteiger partial charge in [-0.3, -0.25) is 0 Å². The third-order valence-corrected chi connectivity index (χ3v) is 5.98. The Kier molecular flexibility index (Phi) is 5.64. The van der Waals surface area contributed by atoms with Crippen molar-refractivity contribution in [2.24, 2.45) is 0 Å². The lowest BCUT2D eigenvalue weighted by atomic mass is 10.1. The zero-order valence-electron chi connectivity index (χ0n) is 13.6. The van der Waals surface area contributed by atoms with Crippen LogP contribution >= 0.6 is 11.6 Å². The number of carbonyl (C=O) groups is 1. The molecule has 0 aliphatic rings. The van der Waals surface area contributed by atoms with Gasteiger partial charge >= 0.3 is 5.97 Å². The maximum atomic E-state index is 12.8. The van der Waals surface area contributed by atoms with Crippen LogP contribution in [0.3, 0.4) is 0 Å². The number of ether oxygens (including phenoxy) is 1. The molecule has 0 saturated carbocycles. The SMILES string of the molecule is COC(=O)c1ccc(Cl)c(S(=O)(=O)N(C)Cc2ccccc2C)c1. The average molecular weight is 368 g/mol. The van der Waals surface area contributed by atoms with Gasteiger partial charge in [0.05, 0.1) is 17.7 Å². The van der Waals surface area contributed by atoms with Crippen LogP contribution in [0.25, 0.3) is 0 Å². The number of hydrogen-bond acceptors (Lipinski definition) is 4. The molecule has 0 aliphatic heterocycles. The number of sulfonamides is 1. The molecule has 5 nitrogen and oxygen atoms in total. The Hall–Kier alpha value is -1.89. The first-order chi connectivity index (χ1) is 11.3. The van der Waals surface area contributed by atoms with Crippen molar-refractivity contribution in [3.8, 4) is 0 Å². The van der Waals surface area contributed by atoms with Crippen LogP contribution < -0.4 is 0 Å². The molecule has 0 radical (unpaired) electrons. The molecule has 0 aromatic heterocycles. The summed E-state index contributed by atoms with van der Waals surface area (Å²) in [5.74, 6) is -0.621. The highest BCUT2D eigenvalue weighted by atomic mass is 35.5. The molecular formula is C17H18ClNO4S. The molecule has 0 N–H and O–H groups in total. The van der Waals surface area contributed by atoms with Gasteiger partial charge in [0.25, 0.3) is 0 Å². The number of methoxy groups -OCH3 is 1. The van der Waals surface area contributed by atoms with E-state index in [2.05, 4.69) is 4.74 Å². The third kappa shape index (κ3) is 3.77. The normalized spacial score (nSPS) is 11.5. The highest BCUT2D eigenvalue weighted by molar-refractivity contribution is 7.89. The number of nitrogens with zero attached hydrogens (tertiary/aromatic N) is 1.